The zero-order valence-corrected chi connectivity index (χ0v) is 18.3. The Kier molecular flexibility index (Phi) is 5.00. The molecule has 0 unspecified atom stereocenters. The van der Waals surface area contributed by atoms with Gasteiger partial charge in [0, 0.05) is 19.5 Å². The Labute approximate surface area is 174 Å². The molecule has 1 N–H and O–H groups in total. The van der Waals surface area contributed by atoms with E-state index in [2.05, 4.69) is 12.8 Å². The first-order valence-corrected chi connectivity index (χ1v) is 12.0. The van der Waals surface area contributed by atoms with Crippen molar-refractivity contribution >= 4 is 10.3 Å². The molecule has 4 rings (SSSR count). The van der Waals surface area contributed by atoms with Gasteiger partial charge in [-0.25, -0.2) is 0 Å². The predicted octanol–water partition coefficient (Wildman–Crippen LogP) is 3.48. The van der Waals surface area contributed by atoms with Crippen LogP contribution in [0.15, 0.2) is 18.2 Å². The summed E-state index contributed by atoms with van der Waals surface area (Å²) in [5.74, 6) is 4.56. The number of terminal acetylenes is 1. The number of rotatable bonds is 4. The standard InChI is InChI=1S/C23H31NO4S/c1-5-22-13-11-19-18-10-8-17(28-29(26,27)24(3)4)15-16(18)7-9-20(19)21(22)12-14-23(22,25)6-2/h2,8,10,15,19-21,25H,5,7,9,11-14H2,1,3-4H3/t19-,20-,21+,22+,23-/m1/s1. The van der Waals surface area contributed by atoms with Crippen LogP contribution in [0.3, 0.4) is 0 Å². The summed E-state index contributed by atoms with van der Waals surface area (Å²) in [5, 5.41) is 11.2. The van der Waals surface area contributed by atoms with Crippen molar-refractivity contribution in [3.05, 3.63) is 29.3 Å². The molecule has 1 aromatic carbocycles. The molecule has 5 atom stereocenters. The number of aryl methyl sites for hydroxylation is 1. The maximum atomic E-state index is 12.0. The van der Waals surface area contributed by atoms with E-state index < -0.39 is 15.9 Å². The molecule has 29 heavy (non-hydrogen) atoms. The summed E-state index contributed by atoms with van der Waals surface area (Å²) in [6, 6.07) is 5.71. The molecule has 0 radical (unpaired) electrons. The van der Waals surface area contributed by atoms with Crippen LogP contribution in [-0.2, 0) is 16.7 Å². The topological polar surface area (TPSA) is 66.8 Å². The minimum Gasteiger partial charge on any atom is -0.377 e. The quantitative estimate of drug-likeness (QED) is 0.762. The largest absolute Gasteiger partial charge is 0.384 e. The molecule has 0 aromatic heterocycles. The van der Waals surface area contributed by atoms with Crippen molar-refractivity contribution in [3.8, 4) is 18.1 Å². The number of hydrogen-bond donors (Lipinski definition) is 1. The lowest BCUT2D eigenvalue weighted by Gasteiger charge is -2.53. The summed E-state index contributed by atoms with van der Waals surface area (Å²) in [5.41, 5.74) is 1.36. The molecule has 158 valence electrons. The summed E-state index contributed by atoms with van der Waals surface area (Å²) >= 11 is 0. The van der Waals surface area contributed by atoms with E-state index in [4.69, 9.17) is 10.6 Å². The highest BCUT2D eigenvalue weighted by atomic mass is 32.2. The van der Waals surface area contributed by atoms with Gasteiger partial charge < -0.3 is 9.29 Å². The molecular weight excluding hydrogens is 386 g/mol. The molecule has 0 heterocycles. The van der Waals surface area contributed by atoms with Crippen molar-refractivity contribution in [1.29, 1.82) is 0 Å². The Morgan fingerprint density at radius 1 is 1.28 bits per heavy atom. The monoisotopic (exact) mass is 417 g/mol. The highest BCUT2D eigenvalue weighted by molar-refractivity contribution is 7.84. The average Bonchev–Trinajstić information content (AvgIpc) is 3.01. The molecule has 0 saturated heterocycles. The fourth-order valence-corrected chi connectivity index (χ4v) is 7.08. The summed E-state index contributed by atoms with van der Waals surface area (Å²) < 4.78 is 30.4. The Bertz CT molecular complexity index is 950. The van der Waals surface area contributed by atoms with Crippen molar-refractivity contribution in [3.63, 3.8) is 0 Å². The molecule has 6 heteroatoms. The van der Waals surface area contributed by atoms with Gasteiger partial charge in [0.25, 0.3) is 0 Å². The fraction of sp³-hybridized carbons (Fsp3) is 0.652. The molecule has 0 aliphatic heterocycles. The second-order valence-corrected chi connectivity index (χ2v) is 10.9. The molecule has 2 saturated carbocycles. The smallest absolute Gasteiger partial charge is 0.377 e. The highest BCUT2D eigenvalue weighted by Crippen LogP contribution is 2.65. The van der Waals surface area contributed by atoms with Gasteiger partial charge >= 0.3 is 10.3 Å². The van der Waals surface area contributed by atoms with Crippen LogP contribution in [0.5, 0.6) is 5.75 Å². The van der Waals surface area contributed by atoms with Gasteiger partial charge in [-0.05, 0) is 86.0 Å². The van der Waals surface area contributed by atoms with E-state index in [0.717, 1.165) is 42.8 Å². The second kappa shape index (κ2) is 7.01. The van der Waals surface area contributed by atoms with Gasteiger partial charge in [0.15, 0.2) is 0 Å². The van der Waals surface area contributed by atoms with Gasteiger partial charge in [0.2, 0.25) is 0 Å². The predicted molar refractivity (Wildman–Crippen MR) is 113 cm³/mol. The lowest BCUT2D eigenvalue weighted by Crippen LogP contribution is -2.51. The SMILES string of the molecule is C#C[C@@]1(O)CC[C@H]2[C@@H]3CCc4cc(OS(=O)(=O)N(C)C)ccc4[C@H]3CC[C@@]21CC. The van der Waals surface area contributed by atoms with Gasteiger partial charge in [-0.15, -0.1) is 6.42 Å². The molecule has 5 nitrogen and oxygen atoms in total. The van der Waals surface area contributed by atoms with Crippen LogP contribution in [0, 0.1) is 29.6 Å². The summed E-state index contributed by atoms with van der Waals surface area (Å²) in [7, 11) is -0.838. The van der Waals surface area contributed by atoms with Gasteiger partial charge in [-0.2, -0.15) is 12.7 Å². The van der Waals surface area contributed by atoms with E-state index in [1.54, 1.807) is 6.07 Å². The zero-order chi connectivity index (χ0) is 21.0. The summed E-state index contributed by atoms with van der Waals surface area (Å²) in [6.45, 7) is 2.17. The molecule has 3 aliphatic carbocycles. The van der Waals surface area contributed by atoms with E-state index >= 15 is 0 Å². The van der Waals surface area contributed by atoms with Crippen LogP contribution in [0.25, 0.3) is 0 Å². The van der Waals surface area contributed by atoms with Crippen LogP contribution in [0.1, 0.15) is 62.5 Å². The first-order valence-electron chi connectivity index (χ1n) is 10.6. The van der Waals surface area contributed by atoms with Crippen LogP contribution in [0.4, 0.5) is 0 Å². The van der Waals surface area contributed by atoms with Crippen LogP contribution in [-0.4, -0.2) is 37.5 Å². The van der Waals surface area contributed by atoms with Crippen molar-refractivity contribution in [2.75, 3.05) is 14.1 Å². The molecule has 0 bridgehead atoms. The van der Waals surface area contributed by atoms with E-state index in [-0.39, 0.29) is 5.41 Å². The molecule has 2 fully saturated rings. The van der Waals surface area contributed by atoms with Gasteiger partial charge in [0.1, 0.15) is 11.4 Å². The maximum Gasteiger partial charge on any atom is 0.384 e. The van der Waals surface area contributed by atoms with Gasteiger partial charge in [-0.3, -0.25) is 0 Å². The number of fused-ring (bicyclic) bond motifs is 5. The summed E-state index contributed by atoms with van der Waals surface area (Å²) in [6.07, 6.45) is 12.3. The third-order valence-electron chi connectivity index (χ3n) is 8.07. The van der Waals surface area contributed by atoms with E-state index in [9.17, 15) is 13.5 Å². The fourth-order valence-electron chi connectivity index (χ4n) is 6.59. The van der Waals surface area contributed by atoms with Crippen molar-refractivity contribution < 1.29 is 17.7 Å². The Hall–Kier alpha value is -1.55. The van der Waals surface area contributed by atoms with Crippen LogP contribution < -0.4 is 4.18 Å². The zero-order valence-electron chi connectivity index (χ0n) is 17.5. The van der Waals surface area contributed by atoms with E-state index in [1.165, 1.54) is 25.2 Å². The minimum atomic E-state index is -3.75. The van der Waals surface area contributed by atoms with E-state index in [0.29, 0.717) is 29.9 Å². The Morgan fingerprint density at radius 3 is 2.69 bits per heavy atom. The molecule has 0 amide bonds. The maximum absolute atomic E-state index is 12.0. The van der Waals surface area contributed by atoms with Crippen molar-refractivity contribution in [2.45, 2.75) is 63.4 Å². The van der Waals surface area contributed by atoms with Crippen molar-refractivity contribution in [2.24, 2.45) is 17.3 Å². The Morgan fingerprint density at radius 2 is 2.03 bits per heavy atom. The lowest BCUT2D eigenvalue weighted by molar-refractivity contribution is -0.0799. The van der Waals surface area contributed by atoms with Crippen molar-refractivity contribution in [1.82, 2.24) is 4.31 Å². The number of aliphatic hydroxyl groups is 1. The highest BCUT2D eigenvalue weighted by Gasteiger charge is 2.62. The van der Waals surface area contributed by atoms with Crippen LogP contribution >= 0.6 is 0 Å². The number of hydrogen-bond acceptors (Lipinski definition) is 4. The number of benzene rings is 1. The minimum absolute atomic E-state index is 0.163. The number of nitrogens with zero attached hydrogens (tertiary/aromatic N) is 1. The third kappa shape index (κ3) is 3.01. The normalized spacial score (nSPS) is 36.1. The lowest BCUT2D eigenvalue weighted by atomic mass is 9.52. The molecule has 0 spiro atoms. The van der Waals surface area contributed by atoms with Gasteiger partial charge in [-0.1, -0.05) is 18.9 Å². The summed E-state index contributed by atoms with van der Waals surface area (Å²) in [4.78, 5) is 0. The Balaban J connectivity index is 1.63. The van der Waals surface area contributed by atoms with E-state index in [1.807, 2.05) is 12.1 Å². The third-order valence-corrected chi connectivity index (χ3v) is 9.36. The molecular formula is C23H31NO4S. The first-order chi connectivity index (χ1) is 13.7. The van der Waals surface area contributed by atoms with Gasteiger partial charge in [0.05, 0.1) is 0 Å². The van der Waals surface area contributed by atoms with Crippen LogP contribution in [0.2, 0.25) is 0 Å². The molecule has 1 aromatic rings. The first kappa shape index (κ1) is 20.7. The second-order valence-electron chi connectivity index (χ2n) is 9.19. The average molecular weight is 418 g/mol. The molecule has 3 aliphatic rings.